The summed E-state index contributed by atoms with van der Waals surface area (Å²) >= 11 is 5.86. The molecule has 0 atom stereocenters. The summed E-state index contributed by atoms with van der Waals surface area (Å²) in [5.41, 5.74) is 1.01. The summed E-state index contributed by atoms with van der Waals surface area (Å²) in [5.74, 6) is 0.903. The van der Waals surface area contributed by atoms with Crippen LogP contribution in [0.5, 0.6) is 5.75 Å². The third kappa shape index (κ3) is 3.57. The zero-order chi connectivity index (χ0) is 16.2. The van der Waals surface area contributed by atoms with Crippen molar-refractivity contribution < 1.29 is 9.53 Å². The first kappa shape index (κ1) is 15.2. The van der Waals surface area contributed by atoms with Crippen molar-refractivity contribution in [3.05, 3.63) is 59.2 Å². The molecule has 0 aliphatic carbocycles. The molecular formula is C17H14ClN3O2. The van der Waals surface area contributed by atoms with Crippen LogP contribution in [0.3, 0.4) is 0 Å². The minimum atomic E-state index is -0.248. The Labute approximate surface area is 138 Å². The number of pyridine rings is 2. The SMILES string of the molecule is CCOc1ccc(C(=O)Nc2ccc3ccc(Cl)nc3n2)cc1. The van der Waals surface area contributed by atoms with Gasteiger partial charge in [0, 0.05) is 10.9 Å². The Morgan fingerprint density at radius 3 is 2.57 bits per heavy atom. The molecule has 1 N–H and O–H groups in total. The molecule has 0 unspecified atom stereocenters. The number of carbonyl (C=O) groups is 1. The molecule has 0 fully saturated rings. The van der Waals surface area contributed by atoms with Crippen LogP contribution in [0.25, 0.3) is 11.0 Å². The fraction of sp³-hybridized carbons (Fsp3) is 0.118. The number of halogens is 1. The minimum absolute atomic E-state index is 0.248. The average Bonchev–Trinajstić information content (AvgIpc) is 2.55. The minimum Gasteiger partial charge on any atom is -0.494 e. The number of ether oxygens (including phenoxy) is 1. The van der Waals surface area contributed by atoms with E-state index in [1.807, 2.05) is 19.1 Å². The second-order valence-electron chi connectivity index (χ2n) is 4.79. The second kappa shape index (κ2) is 6.62. The number of carbonyl (C=O) groups excluding carboxylic acids is 1. The molecular weight excluding hydrogens is 314 g/mol. The number of hydrogen-bond donors (Lipinski definition) is 1. The van der Waals surface area contributed by atoms with Gasteiger partial charge in [0.2, 0.25) is 0 Å². The van der Waals surface area contributed by atoms with Crippen molar-refractivity contribution in [2.75, 3.05) is 11.9 Å². The molecule has 6 heteroatoms. The molecule has 0 saturated carbocycles. The number of amides is 1. The molecule has 1 amide bonds. The lowest BCUT2D eigenvalue weighted by Crippen LogP contribution is -2.13. The third-order valence-corrected chi connectivity index (χ3v) is 3.40. The van der Waals surface area contributed by atoms with Crippen molar-refractivity contribution >= 4 is 34.4 Å². The Hall–Kier alpha value is -2.66. The molecule has 116 valence electrons. The van der Waals surface area contributed by atoms with Gasteiger partial charge in [0.25, 0.3) is 5.91 Å². The highest BCUT2D eigenvalue weighted by atomic mass is 35.5. The highest BCUT2D eigenvalue weighted by Gasteiger charge is 2.08. The maximum absolute atomic E-state index is 12.2. The monoisotopic (exact) mass is 327 g/mol. The lowest BCUT2D eigenvalue weighted by atomic mass is 10.2. The number of anilines is 1. The van der Waals surface area contributed by atoms with Gasteiger partial charge in [0.15, 0.2) is 5.65 Å². The molecule has 0 aliphatic rings. The third-order valence-electron chi connectivity index (χ3n) is 3.19. The fourth-order valence-corrected chi connectivity index (χ4v) is 2.25. The van der Waals surface area contributed by atoms with Crippen molar-refractivity contribution in [3.8, 4) is 5.75 Å². The van der Waals surface area contributed by atoms with Gasteiger partial charge >= 0.3 is 0 Å². The van der Waals surface area contributed by atoms with E-state index < -0.39 is 0 Å². The predicted molar refractivity (Wildman–Crippen MR) is 90.1 cm³/mol. The van der Waals surface area contributed by atoms with Crippen LogP contribution in [0.2, 0.25) is 5.15 Å². The molecule has 3 rings (SSSR count). The molecule has 1 aromatic carbocycles. The number of nitrogens with zero attached hydrogens (tertiary/aromatic N) is 2. The summed E-state index contributed by atoms with van der Waals surface area (Å²) in [6.07, 6.45) is 0. The van der Waals surface area contributed by atoms with Crippen LogP contribution in [-0.4, -0.2) is 22.5 Å². The summed E-state index contributed by atoms with van der Waals surface area (Å²) < 4.78 is 5.35. The largest absolute Gasteiger partial charge is 0.494 e. The van der Waals surface area contributed by atoms with Crippen LogP contribution >= 0.6 is 11.6 Å². The summed E-state index contributed by atoms with van der Waals surface area (Å²) in [5, 5.41) is 3.96. The van der Waals surface area contributed by atoms with Gasteiger partial charge in [0.05, 0.1) is 6.61 Å². The Morgan fingerprint density at radius 2 is 1.83 bits per heavy atom. The summed E-state index contributed by atoms with van der Waals surface area (Å²) in [6, 6.07) is 14.0. The molecule has 2 heterocycles. The molecule has 2 aromatic heterocycles. The van der Waals surface area contributed by atoms with Gasteiger partial charge in [-0.15, -0.1) is 0 Å². The van der Waals surface area contributed by atoms with E-state index in [0.29, 0.717) is 28.8 Å². The van der Waals surface area contributed by atoms with Gasteiger partial charge in [-0.05, 0) is 55.5 Å². The molecule has 0 bridgehead atoms. The first-order valence-electron chi connectivity index (χ1n) is 7.13. The van der Waals surface area contributed by atoms with Gasteiger partial charge in [-0.2, -0.15) is 0 Å². The lowest BCUT2D eigenvalue weighted by molar-refractivity contribution is 0.102. The van der Waals surface area contributed by atoms with Gasteiger partial charge in [-0.3, -0.25) is 4.79 Å². The number of nitrogens with one attached hydrogen (secondary N) is 1. The molecule has 0 radical (unpaired) electrons. The molecule has 0 spiro atoms. The van der Waals surface area contributed by atoms with Crippen LogP contribution in [0.1, 0.15) is 17.3 Å². The van der Waals surface area contributed by atoms with E-state index in [-0.39, 0.29) is 5.91 Å². The van der Waals surface area contributed by atoms with Crippen LogP contribution in [0, 0.1) is 0 Å². The summed E-state index contributed by atoms with van der Waals surface area (Å²) in [4.78, 5) is 20.7. The molecule has 5 nitrogen and oxygen atoms in total. The number of rotatable bonds is 4. The topological polar surface area (TPSA) is 64.1 Å². The quantitative estimate of drug-likeness (QED) is 0.737. The standard InChI is InChI=1S/C17H14ClN3O2/c1-2-23-13-7-3-12(4-8-13)17(22)21-15-10-6-11-5-9-14(18)19-16(11)20-15/h3-10H,2H2,1H3,(H,19,20,21,22). The molecule has 23 heavy (non-hydrogen) atoms. The van der Waals surface area contributed by atoms with E-state index in [4.69, 9.17) is 16.3 Å². The van der Waals surface area contributed by atoms with E-state index in [0.717, 1.165) is 11.1 Å². The Kier molecular flexibility index (Phi) is 4.39. The number of benzene rings is 1. The predicted octanol–water partition coefficient (Wildman–Crippen LogP) is 3.93. The van der Waals surface area contributed by atoms with E-state index in [1.165, 1.54) is 0 Å². The maximum atomic E-state index is 12.2. The van der Waals surface area contributed by atoms with E-state index in [9.17, 15) is 4.79 Å². The second-order valence-corrected chi connectivity index (χ2v) is 5.18. The van der Waals surface area contributed by atoms with Gasteiger partial charge in [0.1, 0.15) is 16.7 Å². The highest BCUT2D eigenvalue weighted by Crippen LogP contribution is 2.17. The first-order valence-corrected chi connectivity index (χ1v) is 7.51. The molecule has 3 aromatic rings. The van der Waals surface area contributed by atoms with Crippen molar-refractivity contribution in [2.24, 2.45) is 0 Å². The zero-order valence-electron chi connectivity index (χ0n) is 12.4. The summed E-state index contributed by atoms with van der Waals surface area (Å²) in [6.45, 7) is 2.49. The first-order chi connectivity index (χ1) is 11.2. The van der Waals surface area contributed by atoms with Gasteiger partial charge in [-0.25, -0.2) is 9.97 Å². The average molecular weight is 328 g/mol. The number of aromatic nitrogens is 2. The van der Waals surface area contributed by atoms with Crippen LogP contribution in [0.15, 0.2) is 48.5 Å². The zero-order valence-corrected chi connectivity index (χ0v) is 13.2. The van der Waals surface area contributed by atoms with Crippen molar-refractivity contribution in [3.63, 3.8) is 0 Å². The fourth-order valence-electron chi connectivity index (χ4n) is 2.10. The van der Waals surface area contributed by atoms with Gasteiger partial charge in [-0.1, -0.05) is 11.6 Å². The summed E-state index contributed by atoms with van der Waals surface area (Å²) in [7, 11) is 0. The number of fused-ring (bicyclic) bond motifs is 1. The van der Waals surface area contributed by atoms with E-state index in [2.05, 4.69) is 15.3 Å². The molecule has 0 aliphatic heterocycles. The van der Waals surface area contributed by atoms with Crippen molar-refractivity contribution in [1.82, 2.24) is 9.97 Å². The van der Waals surface area contributed by atoms with Crippen LogP contribution < -0.4 is 10.1 Å². The van der Waals surface area contributed by atoms with Gasteiger partial charge < -0.3 is 10.1 Å². The smallest absolute Gasteiger partial charge is 0.256 e. The maximum Gasteiger partial charge on any atom is 0.256 e. The highest BCUT2D eigenvalue weighted by molar-refractivity contribution is 6.29. The molecule has 0 saturated heterocycles. The van der Waals surface area contributed by atoms with Crippen molar-refractivity contribution in [1.29, 1.82) is 0 Å². The Bertz CT molecular complexity index is 850. The normalized spacial score (nSPS) is 10.5. The Balaban J connectivity index is 1.79. The van der Waals surface area contributed by atoms with Crippen LogP contribution in [-0.2, 0) is 0 Å². The van der Waals surface area contributed by atoms with E-state index >= 15 is 0 Å². The van der Waals surface area contributed by atoms with Crippen molar-refractivity contribution in [2.45, 2.75) is 6.92 Å². The van der Waals surface area contributed by atoms with E-state index in [1.54, 1.807) is 36.4 Å². The lowest BCUT2D eigenvalue weighted by Gasteiger charge is -2.07. The van der Waals surface area contributed by atoms with Crippen LogP contribution in [0.4, 0.5) is 5.82 Å². The number of hydrogen-bond acceptors (Lipinski definition) is 4. The Morgan fingerprint density at radius 1 is 1.09 bits per heavy atom.